The van der Waals surface area contributed by atoms with Gasteiger partial charge in [-0.25, -0.2) is 4.79 Å². The summed E-state index contributed by atoms with van der Waals surface area (Å²) in [5.74, 6) is -0.124. The SMILES string of the molecule is CCC1(C)CCN(c2snc(N)c2C(=O)OC)CC1. The molecule has 0 amide bonds. The largest absolute Gasteiger partial charge is 0.465 e. The van der Waals surface area contributed by atoms with Gasteiger partial charge in [-0.2, -0.15) is 4.37 Å². The number of carbonyl (C=O) groups excluding carboxylic acids is 1. The van der Waals surface area contributed by atoms with Gasteiger partial charge in [-0.15, -0.1) is 0 Å². The molecule has 2 N–H and O–H groups in total. The van der Waals surface area contributed by atoms with Gasteiger partial charge >= 0.3 is 5.97 Å². The van der Waals surface area contributed by atoms with Gasteiger partial charge in [-0.3, -0.25) is 0 Å². The molecule has 1 aromatic heterocycles. The van der Waals surface area contributed by atoms with Crippen molar-refractivity contribution in [3.63, 3.8) is 0 Å². The minimum Gasteiger partial charge on any atom is -0.465 e. The Hall–Kier alpha value is -1.30. The standard InChI is InChI=1S/C13H21N3O2S/c1-4-13(2)5-7-16(8-6-13)11-9(12(17)18-3)10(14)15-19-11/h4-8H2,1-3H3,(H2,14,15). The summed E-state index contributed by atoms with van der Waals surface area (Å²) >= 11 is 1.28. The first kappa shape index (κ1) is 14.1. The van der Waals surface area contributed by atoms with Crippen molar-refractivity contribution in [2.75, 3.05) is 30.8 Å². The van der Waals surface area contributed by atoms with Crippen molar-refractivity contribution in [1.82, 2.24) is 4.37 Å². The molecule has 0 aliphatic carbocycles. The molecular weight excluding hydrogens is 262 g/mol. The smallest absolute Gasteiger partial charge is 0.344 e. The van der Waals surface area contributed by atoms with E-state index in [0.717, 1.165) is 30.9 Å². The molecule has 0 radical (unpaired) electrons. The highest BCUT2D eigenvalue weighted by atomic mass is 32.1. The lowest BCUT2D eigenvalue weighted by atomic mass is 9.78. The molecule has 1 fully saturated rings. The molecule has 2 rings (SSSR count). The highest BCUT2D eigenvalue weighted by molar-refractivity contribution is 7.11. The van der Waals surface area contributed by atoms with Crippen LogP contribution in [-0.4, -0.2) is 30.5 Å². The second-order valence-electron chi connectivity index (χ2n) is 5.39. The quantitative estimate of drug-likeness (QED) is 0.863. The Balaban J connectivity index is 2.18. The third-order valence-corrected chi connectivity index (χ3v) is 5.12. The Bertz CT molecular complexity index is 464. The minimum atomic E-state index is -0.398. The van der Waals surface area contributed by atoms with Gasteiger partial charge in [0.25, 0.3) is 0 Å². The summed E-state index contributed by atoms with van der Waals surface area (Å²) in [5, 5.41) is 0.850. The number of nitrogens with zero attached hydrogens (tertiary/aromatic N) is 2. The number of nitrogen functional groups attached to an aromatic ring is 1. The molecule has 1 aliphatic rings. The molecule has 0 saturated carbocycles. The second kappa shape index (κ2) is 5.36. The molecule has 2 heterocycles. The van der Waals surface area contributed by atoms with E-state index in [1.54, 1.807) is 0 Å². The van der Waals surface area contributed by atoms with E-state index in [1.807, 2.05) is 0 Å². The lowest BCUT2D eigenvalue weighted by Crippen LogP contribution is -2.38. The monoisotopic (exact) mass is 283 g/mol. The van der Waals surface area contributed by atoms with Crippen molar-refractivity contribution in [3.8, 4) is 0 Å². The molecular formula is C13H21N3O2S. The van der Waals surface area contributed by atoms with Gasteiger partial charge in [0.05, 0.1) is 7.11 Å². The van der Waals surface area contributed by atoms with Gasteiger partial charge in [0, 0.05) is 13.1 Å². The molecule has 106 valence electrons. The van der Waals surface area contributed by atoms with E-state index in [9.17, 15) is 4.79 Å². The summed E-state index contributed by atoms with van der Waals surface area (Å²) in [6, 6.07) is 0. The van der Waals surface area contributed by atoms with Gasteiger partial charge in [0.2, 0.25) is 0 Å². The maximum Gasteiger partial charge on any atom is 0.344 e. The highest BCUT2D eigenvalue weighted by Crippen LogP contribution is 2.39. The molecule has 0 spiro atoms. The van der Waals surface area contributed by atoms with Gasteiger partial charge in [-0.05, 0) is 29.8 Å². The molecule has 0 aromatic carbocycles. The maximum atomic E-state index is 11.8. The third-order valence-electron chi connectivity index (χ3n) is 4.20. The van der Waals surface area contributed by atoms with Gasteiger partial charge < -0.3 is 15.4 Å². The summed E-state index contributed by atoms with van der Waals surface area (Å²) < 4.78 is 8.88. The molecule has 0 bridgehead atoms. The van der Waals surface area contributed by atoms with Gasteiger partial charge in [0.1, 0.15) is 10.6 Å². The molecule has 6 heteroatoms. The van der Waals surface area contributed by atoms with Crippen LogP contribution in [0.1, 0.15) is 43.5 Å². The van der Waals surface area contributed by atoms with Gasteiger partial charge in [0.15, 0.2) is 5.82 Å². The van der Waals surface area contributed by atoms with E-state index in [-0.39, 0.29) is 5.82 Å². The summed E-state index contributed by atoms with van der Waals surface area (Å²) in [6.07, 6.45) is 3.44. The zero-order valence-corrected chi connectivity index (χ0v) is 12.5. The van der Waals surface area contributed by atoms with E-state index >= 15 is 0 Å². The Morgan fingerprint density at radius 1 is 1.53 bits per heavy atom. The molecule has 19 heavy (non-hydrogen) atoms. The van der Waals surface area contributed by atoms with Crippen LogP contribution in [0, 0.1) is 5.41 Å². The minimum absolute atomic E-state index is 0.274. The normalized spacial score (nSPS) is 18.4. The van der Waals surface area contributed by atoms with E-state index in [1.165, 1.54) is 25.1 Å². The predicted octanol–water partition coefficient (Wildman–Crippen LogP) is 2.53. The van der Waals surface area contributed by atoms with E-state index < -0.39 is 5.97 Å². The Labute approximate surface area is 117 Å². The van der Waals surface area contributed by atoms with Crippen LogP contribution in [0.15, 0.2) is 0 Å². The number of rotatable bonds is 3. The topological polar surface area (TPSA) is 68.5 Å². The zero-order valence-electron chi connectivity index (χ0n) is 11.7. The molecule has 1 saturated heterocycles. The zero-order chi connectivity index (χ0) is 14.0. The number of methoxy groups -OCH3 is 1. The molecule has 1 aliphatic heterocycles. The highest BCUT2D eigenvalue weighted by Gasteiger charge is 2.32. The fraction of sp³-hybridized carbons (Fsp3) is 0.692. The number of aromatic nitrogens is 1. The van der Waals surface area contributed by atoms with Crippen LogP contribution in [0.4, 0.5) is 10.8 Å². The number of hydrogen-bond donors (Lipinski definition) is 1. The molecule has 0 unspecified atom stereocenters. The molecule has 0 atom stereocenters. The molecule has 1 aromatic rings. The lowest BCUT2D eigenvalue weighted by molar-refractivity contribution is 0.0603. The number of anilines is 2. The summed E-state index contributed by atoms with van der Waals surface area (Å²) in [7, 11) is 1.37. The Morgan fingerprint density at radius 2 is 2.16 bits per heavy atom. The summed E-state index contributed by atoms with van der Waals surface area (Å²) in [5.41, 5.74) is 6.61. The number of carbonyl (C=O) groups is 1. The van der Waals surface area contributed by atoms with Crippen LogP contribution in [0.5, 0.6) is 0 Å². The van der Waals surface area contributed by atoms with E-state index in [4.69, 9.17) is 10.5 Å². The number of piperidine rings is 1. The van der Waals surface area contributed by atoms with Crippen LogP contribution in [-0.2, 0) is 4.74 Å². The third kappa shape index (κ3) is 2.68. The fourth-order valence-corrected chi connectivity index (χ4v) is 3.26. The number of esters is 1. The first-order valence-electron chi connectivity index (χ1n) is 6.59. The van der Waals surface area contributed by atoms with Crippen LogP contribution in [0.2, 0.25) is 0 Å². The first-order chi connectivity index (χ1) is 9.00. The van der Waals surface area contributed by atoms with Crippen LogP contribution >= 0.6 is 11.5 Å². The van der Waals surface area contributed by atoms with Crippen LogP contribution in [0.3, 0.4) is 0 Å². The summed E-state index contributed by atoms with van der Waals surface area (Å²) in [4.78, 5) is 14.0. The van der Waals surface area contributed by atoms with Crippen LogP contribution in [0.25, 0.3) is 0 Å². The number of hydrogen-bond acceptors (Lipinski definition) is 6. The van der Waals surface area contributed by atoms with Crippen molar-refractivity contribution in [1.29, 1.82) is 0 Å². The van der Waals surface area contributed by atoms with Gasteiger partial charge in [-0.1, -0.05) is 20.3 Å². The lowest BCUT2D eigenvalue weighted by Gasteiger charge is -2.39. The van der Waals surface area contributed by atoms with E-state index in [0.29, 0.717) is 11.0 Å². The first-order valence-corrected chi connectivity index (χ1v) is 7.36. The number of ether oxygens (including phenoxy) is 1. The average molecular weight is 283 g/mol. The second-order valence-corrected chi connectivity index (χ2v) is 6.14. The van der Waals surface area contributed by atoms with Crippen molar-refractivity contribution in [3.05, 3.63) is 5.56 Å². The predicted molar refractivity (Wildman–Crippen MR) is 77.7 cm³/mol. The van der Waals surface area contributed by atoms with Crippen LogP contribution < -0.4 is 10.6 Å². The fourth-order valence-electron chi connectivity index (χ4n) is 2.41. The number of nitrogens with two attached hydrogens (primary N) is 1. The Morgan fingerprint density at radius 3 is 2.68 bits per heavy atom. The maximum absolute atomic E-state index is 11.8. The molecule has 5 nitrogen and oxygen atoms in total. The van der Waals surface area contributed by atoms with E-state index in [2.05, 4.69) is 23.1 Å². The van der Waals surface area contributed by atoms with Crippen molar-refractivity contribution >= 4 is 28.3 Å². The Kier molecular flexibility index (Phi) is 3.99. The van der Waals surface area contributed by atoms with Crippen molar-refractivity contribution < 1.29 is 9.53 Å². The average Bonchev–Trinajstić information content (AvgIpc) is 2.81. The van der Waals surface area contributed by atoms with Crippen molar-refractivity contribution in [2.24, 2.45) is 5.41 Å². The summed E-state index contributed by atoms with van der Waals surface area (Å²) in [6.45, 7) is 6.44. The van der Waals surface area contributed by atoms with Crippen molar-refractivity contribution in [2.45, 2.75) is 33.1 Å².